The highest BCUT2D eigenvalue weighted by atomic mass is 16.6. The number of hydrogen-bond acceptors (Lipinski definition) is 4. The molecule has 0 aromatic heterocycles. The fourth-order valence-electron chi connectivity index (χ4n) is 3.62. The first-order valence-corrected chi connectivity index (χ1v) is 11.7. The SMILES string of the molecule is Cc1ccc(C)c(C(C(=O)NC(C)C)N(C(=O)C(NC(=O)OC(C)(C)C)C(C)C)C(C)C)c1. The molecule has 2 N–H and O–H groups in total. The van der Waals surface area contributed by atoms with E-state index in [0.717, 1.165) is 16.7 Å². The van der Waals surface area contributed by atoms with Crippen LogP contribution >= 0.6 is 0 Å². The molecule has 0 heterocycles. The van der Waals surface area contributed by atoms with Gasteiger partial charge >= 0.3 is 6.09 Å². The summed E-state index contributed by atoms with van der Waals surface area (Å²) in [5.74, 6) is -0.783. The van der Waals surface area contributed by atoms with E-state index in [4.69, 9.17) is 4.74 Å². The Hall–Kier alpha value is -2.57. The minimum absolute atomic E-state index is 0.0880. The van der Waals surface area contributed by atoms with E-state index in [9.17, 15) is 14.4 Å². The first kappa shape index (κ1) is 28.5. The maximum atomic E-state index is 13.9. The summed E-state index contributed by atoms with van der Waals surface area (Å²) in [5.41, 5.74) is 2.01. The molecule has 33 heavy (non-hydrogen) atoms. The van der Waals surface area contributed by atoms with Gasteiger partial charge in [0, 0.05) is 12.1 Å². The number of hydrogen-bond donors (Lipinski definition) is 2. The zero-order valence-electron chi connectivity index (χ0n) is 22.2. The number of amides is 3. The van der Waals surface area contributed by atoms with Gasteiger partial charge in [-0.15, -0.1) is 0 Å². The smallest absolute Gasteiger partial charge is 0.408 e. The van der Waals surface area contributed by atoms with Crippen LogP contribution < -0.4 is 10.6 Å². The Labute approximate surface area is 199 Å². The highest BCUT2D eigenvalue weighted by Gasteiger charge is 2.39. The van der Waals surface area contributed by atoms with Crippen LogP contribution in [0.5, 0.6) is 0 Å². The first-order chi connectivity index (χ1) is 15.0. The lowest BCUT2D eigenvalue weighted by Gasteiger charge is -2.39. The van der Waals surface area contributed by atoms with Gasteiger partial charge in [0.05, 0.1) is 0 Å². The molecule has 7 nitrogen and oxygen atoms in total. The summed E-state index contributed by atoms with van der Waals surface area (Å²) in [4.78, 5) is 41.4. The van der Waals surface area contributed by atoms with Crippen molar-refractivity contribution in [2.24, 2.45) is 5.92 Å². The number of rotatable bonds is 8. The van der Waals surface area contributed by atoms with Gasteiger partial charge in [0.1, 0.15) is 17.7 Å². The number of ether oxygens (including phenoxy) is 1. The highest BCUT2D eigenvalue weighted by molar-refractivity contribution is 5.92. The van der Waals surface area contributed by atoms with Crippen LogP contribution in [0.25, 0.3) is 0 Å². The summed E-state index contributed by atoms with van der Waals surface area (Å²) in [6.45, 7) is 20.5. The number of aryl methyl sites for hydroxylation is 2. The normalized spacial score (nSPS) is 13.6. The van der Waals surface area contributed by atoms with E-state index in [2.05, 4.69) is 10.6 Å². The van der Waals surface area contributed by atoms with Gasteiger partial charge in [-0.2, -0.15) is 0 Å². The van der Waals surface area contributed by atoms with Crippen molar-refractivity contribution >= 4 is 17.9 Å². The van der Waals surface area contributed by atoms with Crippen LogP contribution in [0.4, 0.5) is 4.79 Å². The molecule has 0 aliphatic rings. The Morgan fingerprint density at radius 3 is 1.97 bits per heavy atom. The van der Waals surface area contributed by atoms with Gasteiger partial charge in [0.25, 0.3) is 0 Å². The molecular formula is C26H43N3O4. The third-order valence-electron chi connectivity index (χ3n) is 5.10. The van der Waals surface area contributed by atoms with E-state index in [1.54, 1.807) is 25.7 Å². The molecule has 0 aliphatic carbocycles. The lowest BCUT2D eigenvalue weighted by molar-refractivity contribution is -0.145. The number of benzene rings is 1. The molecule has 0 radical (unpaired) electrons. The molecule has 0 fully saturated rings. The van der Waals surface area contributed by atoms with E-state index in [-0.39, 0.29) is 29.8 Å². The summed E-state index contributed by atoms with van der Waals surface area (Å²) in [6.07, 6.45) is -0.659. The minimum atomic E-state index is -0.846. The Kier molecular flexibility index (Phi) is 9.94. The number of carbonyl (C=O) groups excluding carboxylic acids is 3. The maximum Gasteiger partial charge on any atom is 0.408 e. The van der Waals surface area contributed by atoms with Gasteiger partial charge in [-0.3, -0.25) is 9.59 Å². The lowest BCUT2D eigenvalue weighted by atomic mass is 9.93. The molecule has 2 unspecified atom stereocenters. The fraction of sp³-hybridized carbons (Fsp3) is 0.654. The van der Waals surface area contributed by atoms with Crippen LogP contribution in [0.3, 0.4) is 0 Å². The topological polar surface area (TPSA) is 87.7 Å². The van der Waals surface area contributed by atoms with Crippen molar-refractivity contribution in [2.45, 2.75) is 106 Å². The van der Waals surface area contributed by atoms with E-state index in [1.807, 2.05) is 73.6 Å². The third-order valence-corrected chi connectivity index (χ3v) is 5.10. The Morgan fingerprint density at radius 1 is 0.939 bits per heavy atom. The molecule has 3 amide bonds. The second-order valence-electron chi connectivity index (χ2n) is 10.6. The van der Waals surface area contributed by atoms with Crippen molar-refractivity contribution in [3.8, 4) is 0 Å². The second kappa shape index (κ2) is 11.5. The third kappa shape index (κ3) is 8.37. The van der Waals surface area contributed by atoms with Gasteiger partial charge in [-0.1, -0.05) is 37.6 Å². The summed E-state index contributed by atoms with van der Waals surface area (Å²) in [5, 5.41) is 5.71. The molecule has 2 atom stereocenters. The molecule has 0 saturated heterocycles. The zero-order valence-corrected chi connectivity index (χ0v) is 22.2. The van der Waals surface area contributed by atoms with Gasteiger partial charge in [-0.05, 0) is 79.4 Å². The van der Waals surface area contributed by atoms with Crippen LogP contribution in [0.15, 0.2) is 18.2 Å². The Bertz CT molecular complexity index is 840. The number of nitrogens with zero attached hydrogens (tertiary/aromatic N) is 1. The second-order valence-corrected chi connectivity index (χ2v) is 10.6. The number of carbonyl (C=O) groups is 3. The average Bonchev–Trinajstić information content (AvgIpc) is 2.63. The molecular weight excluding hydrogens is 418 g/mol. The van der Waals surface area contributed by atoms with E-state index in [1.165, 1.54) is 0 Å². The van der Waals surface area contributed by atoms with E-state index < -0.39 is 23.8 Å². The van der Waals surface area contributed by atoms with Crippen molar-refractivity contribution in [1.29, 1.82) is 0 Å². The molecule has 0 saturated carbocycles. The van der Waals surface area contributed by atoms with Crippen LogP contribution in [0.2, 0.25) is 0 Å². The van der Waals surface area contributed by atoms with Crippen molar-refractivity contribution in [3.05, 3.63) is 34.9 Å². The molecule has 0 spiro atoms. The number of alkyl carbamates (subject to hydrolysis) is 1. The Morgan fingerprint density at radius 2 is 1.52 bits per heavy atom. The van der Waals surface area contributed by atoms with Crippen molar-refractivity contribution in [3.63, 3.8) is 0 Å². The van der Waals surface area contributed by atoms with Crippen LogP contribution in [0.1, 0.15) is 85.0 Å². The van der Waals surface area contributed by atoms with Crippen LogP contribution in [0, 0.1) is 19.8 Å². The predicted molar refractivity (Wildman–Crippen MR) is 132 cm³/mol. The maximum absolute atomic E-state index is 13.9. The average molecular weight is 462 g/mol. The first-order valence-electron chi connectivity index (χ1n) is 11.7. The molecule has 1 aromatic carbocycles. The standard InChI is InChI=1S/C26H43N3O4/c1-15(2)21(28-25(32)33-26(9,10)11)24(31)29(17(5)6)22(23(30)27-16(3)4)20-14-18(7)12-13-19(20)8/h12-17,21-22H,1-11H3,(H,27,30)(H,28,32). The van der Waals surface area contributed by atoms with Gasteiger partial charge in [-0.25, -0.2) is 4.79 Å². The van der Waals surface area contributed by atoms with Gasteiger partial charge in [0.15, 0.2) is 0 Å². The molecule has 0 aliphatic heterocycles. The number of nitrogens with one attached hydrogen (secondary N) is 2. The summed E-state index contributed by atoms with van der Waals surface area (Å²) < 4.78 is 5.39. The molecule has 1 rings (SSSR count). The van der Waals surface area contributed by atoms with Crippen molar-refractivity contribution < 1.29 is 19.1 Å². The lowest BCUT2D eigenvalue weighted by Crippen LogP contribution is -2.57. The minimum Gasteiger partial charge on any atom is -0.444 e. The van der Waals surface area contributed by atoms with Crippen molar-refractivity contribution in [2.75, 3.05) is 0 Å². The van der Waals surface area contributed by atoms with Gasteiger partial charge in [0.2, 0.25) is 11.8 Å². The monoisotopic (exact) mass is 461 g/mol. The van der Waals surface area contributed by atoms with E-state index in [0.29, 0.717) is 0 Å². The van der Waals surface area contributed by atoms with Gasteiger partial charge < -0.3 is 20.3 Å². The summed E-state index contributed by atoms with van der Waals surface area (Å²) >= 11 is 0. The predicted octanol–water partition coefficient (Wildman–Crippen LogP) is 4.66. The largest absolute Gasteiger partial charge is 0.444 e. The Balaban J connectivity index is 3.51. The highest BCUT2D eigenvalue weighted by Crippen LogP contribution is 2.29. The quantitative estimate of drug-likeness (QED) is 0.590. The van der Waals surface area contributed by atoms with Crippen molar-refractivity contribution in [1.82, 2.24) is 15.5 Å². The van der Waals surface area contributed by atoms with Crippen LogP contribution in [-0.2, 0) is 14.3 Å². The molecule has 1 aromatic rings. The summed E-state index contributed by atoms with van der Waals surface area (Å²) in [6, 6.07) is 3.84. The zero-order chi connectivity index (χ0) is 25.7. The van der Waals surface area contributed by atoms with E-state index >= 15 is 0 Å². The molecule has 7 heteroatoms. The summed E-state index contributed by atoms with van der Waals surface area (Å²) in [7, 11) is 0. The van der Waals surface area contributed by atoms with Crippen LogP contribution in [-0.4, -0.2) is 46.5 Å². The fourth-order valence-corrected chi connectivity index (χ4v) is 3.62. The molecule has 0 bridgehead atoms. The molecule has 186 valence electrons.